The van der Waals surface area contributed by atoms with E-state index in [4.69, 9.17) is 5.73 Å². The molecule has 1 heterocycles. The molecule has 0 bridgehead atoms. The van der Waals surface area contributed by atoms with Gasteiger partial charge in [-0.25, -0.2) is 0 Å². The molecule has 3 N–H and O–H groups in total. The number of rotatable bonds is 1. The van der Waals surface area contributed by atoms with Gasteiger partial charge in [0.05, 0.1) is 11.0 Å². The lowest BCUT2D eigenvalue weighted by Gasteiger charge is -2.12. The van der Waals surface area contributed by atoms with Crippen molar-refractivity contribution in [2.24, 2.45) is 4.99 Å². The topological polar surface area (TPSA) is 63.5 Å². The van der Waals surface area contributed by atoms with Gasteiger partial charge in [-0.3, -0.25) is 4.99 Å². The quantitative estimate of drug-likeness (QED) is 0.542. The minimum absolute atomic E-state index is 0.545. The maximum atomic E-state index is 9.64. The van der Waals surface area contributed by atoms with Crippen LogP contribution < -0.4 is 11.1 Å². The molecule has 2 rings (SSSR count). The molecule has 4 nitrogen and oxygen atoms in total. The van der Waals surface area contributed by atoms with Gasteiger partial charge in [-0.1, -0.05) is 0 Å². The third-order valence-electron chi connectivity index (χ3n) is 2.27. The second-order valence-electron chi connectivity index (χ2n) is 3.26. The molecule has 0 fully saturated rings. The molecule has 1 aliphatic carbocycles. The molecule has 0 spiro atoms. The Morgan fingerprint density at radius 1 is 1.40 bits per heavy atom. The molecular formula is C11H13N3O. The van der Waals surface area contributed by atoms with Crippen molar-refractivity contribution in [2.45, 2.75) is 6.92 Å². The predicted molar refractivity (Wildman–Crippen MR) is 58.8 cm³/mol. The molecule has 0 aromatic carbocycles. The van der Waals surface area contributed by atoms with Gasteiger partial charge in [-0.2, -0.15) is 4.73 Å². The second kappa shape index (κ2) is 3.65. The largest absolute Gasteiger partial charge is 0.428 e. The molecule has 0 amide bonds. The summed E-state index contributed by atoms with van der Waals surface area (Å²) in [4.78, 5) is 4.34. The average Bonchev–Trinajstić information content (AvgIpc) is 2.22. The molecule has 78 valence electrons. The molecule has 2 aliphatic rings. The third-order valence-corrected chi connectivity index (χ3v) is 2.27. The van der Waals surface area contributed by atoms with Gasteiger partial charge in [-0.05, 0) is 31.2 Å². The van der Waals surface area contributed by atoms with Crippen LogP contribution in [0.5, 0.6) is 0 Å². The third kappa shape index (κ3) is 1.54. The summed E-state index contributed by atoms with van der Waals surface area (Å²) in [6.45, 7) is 2.68. The Morgan fingerprint density at radius 2 is 2.20 bits per heavy atom. The number of anilines is 1. The fourth-order valence-corrected chi connectivity index (χ4v) is 1.64. The SMILES string of the molecule is CCN=c1ccc(N)c2n(O)cccc1-2. The van der Waals surface area contributed by atoms with E-state index in [0.717, 1.165) is 15.7 Å². The van der Waals surface area contributed by atoms with Crippen LogP contribution >= 0.6 is 0 Å². The molecule has 0 aromatic heterocycles. The number of aromatic nitrogens is 1. The summed E-state index contributed by atoms with van der Waals surface area (Å²) in [5.74, 6) is 0. The van der Waals surface area contributed by atoms with Crippen LogP contribution in [0.4, 0.5) is 5.69 Å². The number of benzene rings is 1. The number of nitrogen functional groups attached to an aromatic ring is 1. The highest BCUT2D eigenvalue weighted by Gasteiger charge is 2.10. The summed E-state index contributed by atoms with van der Waals surface area (Å²) >= 11 is 0. The van der Waals surface area contributed by atoms with Crippen LogP contribution in [0.2, 0.25) is 0 Å². The Morgan fingerprint density at radius 3 is 2.93 bits per heavy atom. The van der Waals surface area contributed by atoms with E-state index in [0.29, 0.717) is 17.9 Å². The summed E-state index contributed by atoms with van der Waals surface area (Å²) in [7, 11) is 0. The van der Waals surface area contributed by atoms with Crippen molar-refractivity contribution in [2.75, 3.05) is 12.3 Å². The van der Waals surface area contributed by atoms with E-state index in [1.807, 2.05) is 19.1 Å². The highest BCUT2D eigenvalue weighted by molar-refractivity contribution is 5.73. The zero-order chi connectivity index (χ0) is 10.8. The predicted octanol–water partition coefficient (Wildman–Crippen LogP) is 1.33. The second-order valence-corrected chi connectivity index (χ2v) is 3.26. The standard InChI is InChI=1S/C11H13N3O/c1-2-13-10-6-5-9(12)11-8(10)4-3-7-14(11)15/h3-7,15H,2,12H2,1H3. The van der Waals surface area contributed by atoms with Crippen molar-refractivity contribution >= 4 is 5.69 Å². The van der Waals surface area contributed by atoms with E-state index in [9.17, 15) is 5.21 Å². The van der Waals surface area contributed by atoms with E-state index < -0.39 is 0 Å². The summed E-state index contributed by atoms with van der Waals surface area (Å²) in [5.41, 5.74) is 7.81. The van der Waals surface area contributed by atoms with Gasteiger partial charge in [0.25, 0.3) is 0 Å². The van der Waals surface area contributed by atoms with Crippen molar-refractivity contribution in [3.63, 3.8) is 0 Å². The molecule has 4 heteroatoms. The van der Waals surface area contributed by atoms with Gasteiger partial charge in [0, 0.05) is 18.3 Å². The van der Waals surface area contributed by atoms with Crippen LogP contribution in [0, 0.1) is 0 Å². The molecule has 15 heavy (non-hydrogen) atoms. The van der Waals surface area contributed by atoms with Crippen molar-refractivity contribution in [3.8, 4) is 11.3 Å². The zero-order valence-electron chi connectivity index (χ0n) is 8.51. The highest BCUT2D eigenvalue weighted by Crippen LogP contribution is 2.22. The molecule has 0 radical (unpaired) electrons. The van der Waals surface area contributed by atoms with E-state index in [2.05, 4.69) is 4.99 Å². The van der Waals surface area contributed by atoms with Gasteiger partial charge in [0.1, 0.15) is 5.69 Å². The summed E-state index contributed by atoms with van der Waals surface area (Å²) in [6.07, 6.45) is 1.55. The number of fused-ring (bicyclic) bond motifs is 1. The first-order chi connectivity index (χ1) is 7.24. The van der Waals surface area contributed by atoms with Gasteiger partial charge < -0.3 is 10.9 Å². The Hall–Kier alpha value is -1.97. The number of hydrogen-bond donors (Lipinski definition) is 2. The van der Waals surface area contributed by atoms with E-state index in [-0.39, 0.29) is 0 Å². The van der Waals surface area contributed by atoms with Crippen LogP contribution in [0.15, 0.2) is 35.5 Å². The Bertz CT molecular complexity index is 516. The summed E-state index contributed by atoms with van der Waals surface area (Å²) in [6, 6.07) is 7.27. The number of hydrogen-bond acceptors (Lipinski definition) is 3. The zero-order valence-corrected chi connectivity index (χ0v) is 8.51. The van der Waals surface area contributed by atoms with Crippen LogP contribution in [0.1, 0.15) is 6.92 Å². The van der Waals surface area contributed by atoms with Crippen molar-refractivity contribution in [3.05, 3.63) is 35.8 Å². The first-order valence-corrected chi connectivity index (χ1v) is 4.83. The van der Waals surface area contributed by atoms with Crippen LogP contribution in [0.3, 0.4) is 0 Å². The Kier molecular flexibility index (Phi) is 2.33. The minimum Gasteiger partial charge on any atom is -0.428 e. The normalized spacial score (nSPS) is 12.2. The average molecular weight is 203 g/mol. The van der Waals surface area contributed by atoms with E-state index in [1.165, 1.54) is 0 Å². The molecular weight excluding hydrogens is 190 g/mol. The highest BCUT2D eigenvalue weighted by atomic mass is 16.5. The van der Waals surface area contributed by atoms with E-state index >= 15 is 0 Å². The van der Waals surface area contributed by atoms with Crippen LogP contribution in [0.25, 0.3) is 11.3 Å². The lowest BCUT2D eigenvalue weighted by Crippen LogP contribution is -2.13. The molecule has 0 saturated heterocycles. The lowest BCUT2D eigenvalue weighted by atomic mass is 10.1. The first-order valence-electron chi connectivity index (χ1n) is 4.83. The Balaban J connectivity index is 2.85. The summed E-state index contributed by atoms with van der Waals surface area (Å²) < 4.78 is 1.03. The molecule has 0 aromatic rings. The van der Waals surface area contributed by atoms with Gasteiger partial charge in [0.2, 0.25) is 0 Å². The fraction of sp³-hybridized carbons (Fsp3) is 0.182. The van der Waals surface area contributed by atoms with Gasteiger partial charge >= 0.3 is 0 Å². The number of nitrogens with zero attached hydrogens (tertiary/aromatic N) is 2. The van der Waals surface area contributed by atoms with Gasteiger partial charge in [0.15, 0.2) is 0 Å². The lowest BCUT2D eigenvalue weighted by molar-refractivity contribution is 0.189. The molecule has 0 saturated carbocycles. The maximum Gasteiger partial charge on any atom is 0.111 e. The molecule has 0 unspecified atom stereocenters. The van der Waals surface area contributed by atoms with Crippen molar-refractivity contribution < 1.29 is 5.21 Å². The monoisotopic (exact) mass is 203 g/mol. The smallest absolute Gasteiger partial charge is 0.111 e. The number of pyridine rings is 1. The minimum atomic E-state index is 0.545. The van der Waals surface area contributed by atoms with Crippen molar-refractivity contribution in [1.29, 1.82) is 0 Å². The molecule has 0 atom stereocenters. The number of nitrogens with two attached hydrogens (primary N) is 1. The van der Waals surface area contributed by atoms with E-state index in [1.54, 1.807) is 18.3 Å². The Labute approximate surface area is 87.6 Å². The van der Waals surface area contributed by atoms with Gasteiger partial charge in [-0.15, -0.1) is 0 Å². The van der Waals surface area contributed by atoms with Crippen LogP contribution in [-0.4, -0.2) is 16.5 Å². The molecule has 1 aliphatic heterocycles. The summed E-state index contributed by atoms with van der Waals surface area (Å²) in [5, 5.41) is 10.5. The maximum absolute atomic E-state index is 9.64. The van der Waals surface area contributed by atoms with Crippen LogP contribution in [-0.2, 0) is 0 Å². The van der Waals surface area contributed by atoms with Crippen molar-refractivity contribution in [1.82, 2.24) is 4.73 Å². The first kappa shape index (κ1) is 9.58. The fourth-order valence-electron chi connectivity index (χ4n) is 1.64.